The van der Waals surface area contributed by atoms with Crippen LogP contribution in [-0.4, -0.2) is 44.2 Å². The van der Waals surface area contributed by atoms with Gasteiger partial charge in [0.05, 0.1) is 22.9 Å². The number of amides is 1. The van der Waals surface area contributed by atoms with Crippen LogP contribution in [0.5, 0.6) is 0 Å². The standard InChI is InChI=1S/C23H25N7O2/c24-15-5-8-18-17(11-15)29-21(26-10-9-20(25)31)22-27-12-19(30(18)22)13-1-3-14(4-2-13)23(32)28-16-6-7-16/h1-5,8,11-12,16,20,31H,6-7,9-10,24-25H2,(H,26,29)(H,28,32). The van der Waals surface area contributed by atoms with E-state index in [9.17, 15) is 9.90 Å². The fourth-order valence-electron chi connectivity index (χ4n) is 3.70. The summed E-state index contributed by atoms with van der Waals surface area (Å²) in [6.07, 6.45) is 3.37. The number of aliphatic hydroxyl groups is 1. The molecule has 1 aliphatic rings. The molecule has 1 unspecified atom stereocenters. The quantitative estimate of drug-likeness (QED) is 0.223. The lowest BCUT2D eigenvalue weighted by molar-refractivity contribution is 0.0951. The second-order valence-corrected chi connectivity index (χ2v) is 8.12. The monoisotopic (exact) mass is 431 g/mol. The van der Waals surface area contributed by atoms with Gasteiger partial charge in [0.25, 0.3) is 5.91 Å². The average molecular weight is 432 g/mol. The molecule has 1 fully saturated rings. The number of rotatable bonds is 7. The molecule has 7 N–H and O–H groups in total. The van der Waals surface area contributed by atoms with Crippen molar-refractivity contribution in [2.75, 3.05) is 17.6 Å². The van der Waals surface area contributed by atoms with Crippen molar-refractivity contribution < 1.29 is 9.90 Å². The third-order valence-corrected chi connectivity index (χ3v) is 5.53. The van der Waals surface area contributed by atoms with Crippen molar-refractivity contribution in [2.24, 2.45) is 5.73 Å². The van der Waals surface area contributed by atoms with Crippen molar-refractivity contribution >= 4 is 34.1 Å². The summed E-state index contributed by atoms with van der Waals surface area (Å²) in [6, 6.07) is 13.4. The van der Waals surface area contributed by atoms with Crippen molar-refractivity contribution in [3.05, 3.63) is 54.2 Å². The van der Waals surface area contributed by atoms with Crippen LogP contribution in [0, 0.1) is 0 Å². The van der Waals surface area contributed by atoms with Gasteiger partial charge in [-0.15, -0.1) is 0 Å². The molecule has 1 atom stereocenters. The first kappa shape index (κ1) is 20.2. The zero-order valence-electron chi connectivity index (χ0n) is 17.5. The van der Waals surface area contributed by atoms with Crippen molar-refractivity contribution in [3.63, 3.8) is 0 Å². The van der Waals surface area contributed by atoms with Crippen LogP contribution in [-0.2, 0) is 0 Å². The number of carbonyl (C=O) groups excluding carboxylic acids is 1. The number of aromatic nitrogens is 3. The molecule has 1 aliphatic carbocycles. The SMILES string of the molecule is Nc1ccc2c(c1)nc(NCCC(N)O)c1ncc(-c3ccc(C(=O)NC4CC4)cc3)n12. The van der Waals surface area contributed by atoms with E-state index in [4.69, 9.17) is 11.5 Å². The van der Waals surface area contributed by atoms with Gasteiger partial charge in [-0.2, -0.15) is 0 Å². The van der Waals surface area contributed by atoms with Crippen molar-refractivity contribution in [1.82, 2.24) is 19.7 Å². The van der Waals surface area contributed by atoms with E-state index in [2.05, 4.69) is 20.6 Å². The Morgan fingerprint density at radius 3 is 2.72 bits per heavy atom. The molecular formula is C23H25N7O2. The summed E-state index contributed by atoms with van der Waals surface area (Å²) < 4.78 is 2.02. The maximum atomic E-state index is 12.3. The highest BCUT2D eigenvalue weighted by Gasteiger charge is 2.24. The van der Waals surface area contributed by atoms with Gasteiger partial charge in [0.1, 0.15) is 6.23 Å². The number of fused-ring (bicyclic) bond motifs is 3. The topological polar surface area (TPSA) is 144 Å². The lowest BCUT2D eigenvalue weighted by Gasteiger charge is -2.12. The normalized spacial score (nSPS) is 14.6. The molecule has 9 nitrogen and oxygen atoms in total. The predicted octanol–water partition coefficient (Wildman–Crippen LogP) is 2.10. The highest BCUT2D eigenvalue weighted by Crippen LogP contribution is 2.29. The van der Waals surface area contributed by atoms with Crippen LogP contribution in [0.15, 0.2) is 48.7 Å². The van der Waals surface area contributed by atoms with E-state index < -0.39 is 6.23 Å². The second-order valence-electron chi connectivity index (χ2n) is 8.12. The van der Waals surface area contributed by atoms with E-state index in [1.807, 2.05) is 46.9 Å². The molecule has 0 saturated heterocycles. The first-order chi connectivity index (χ1) is 15.5. The van der Waals surface area contributed by atoms with Gasteiger partial charge < -0.3 is 27.2 Å². The van der Waals surface area contributed by atoms with E-state index in [1.54, 1.807) is 6.20 Å². The number of nitrogens with zero attached hydrogens (tertiary/aromatic N) is 3. The van der Waals surface area contributed by atoms with Crippen molar-refractivity contribution in [2.45, 2.75) is 31.5 Å². The van der Waals surface area contributed by atoms with E-state index in [1.165, 1.54) is 0 Å². The lowest BCUT2D eigenvalue weighted by Crippen LogP contribution is -2.25. The first-order valence-electron chi connectivity index (χ1n) is 10.6. The van der Waals surface area contributed by atoms with Crippen molar-refractivity contribution in [1.29, 1.82) is 0 Å². The average Bonchev–Trinajstić information content (AvgIpc) is 3.47. The fourth-order valence-corrected chi connectivity index (χ4v) is 3.70. The van der Waals surface area contributed by atoms with Gasteiger partial charge in [-0.1, -0.05) is 12.1 Å². The summed E-state index contributed by atoms with van der Waals surface area (Å²) in [5.74, 6) is 0.534. The van der Waals surface area contributed by atoms with Crippen LogP contribution in [0.4, 0.5) is 11.5 Å². The molecule has 0 aliphatic heterocycles. The Morgan fingerprint density at radius 2 is 2.00 bits per heavy atom. The number of nitrogen functional groups attached to an aromatic ring is 1. The molecule has 0 spiro atoms. The summed E-state index contributed by atoms with van der Waals surface area (Å²) in [7, 11) is 0. The molecular weight excluding hydrogens is 406 g/mol. The van der Waals surface area contributed by atoms with Crippen LogP contribution >= 0.6 is 0 Å². The minimum absolute atomic E-state index is 0.0455. The van der Waals surface area contributed by atoms with Crippen LogP contribution in [0.3, 0.4) is 0 Å². The maximum Gasteiger partial charge on any atom is 0.251 e. The third-order valence-electron chi connectivity index (χ3n) is 5.53. The van der Waals surface area contributed by atoms with Crippen LogP contribution in [0.25, 0.3) is 27.9 Å². The minimum Gasteiger partial charge on any atom is -0.399 e. The fraction of sp³-hybridized carbons (Fsp3) is 0.261. The lowest BCUT2D eigenvalue weighted by atomic mass is 10.1. The summed E-state index contributed by atoms with van der Waals surface area (Å²) in [4.78, 5) is 21.6. The number of nitrogens with one attached hydrogen (secondary N) is 2. The maximum absolute atomic E-state index is 12.3. The summed E-state index contributed by atoms with van der Waals surface area (Å²) in [5, 5.41) is 15.6. The number of aliphatic hydroxyl groups excluding tert-OH is 1. The Hall–Kier alpha value is -3.69. The molecule has 2 aromatic heterocycles. The largest absolute Gasteiger partial charge is 0.399 e. The molecule has 2 heterocycles. The molecule has 5 rings (SSSR count). The minimum atomic E-state index is -0.902. The predicted molar refractivity (Wildman–Crippen MR) is 124 cm³/mol. The molecule has 32 heavy (non-hydrogen) atoms. The Balaban J connectivity index is 1.56. The number of nitrogens with two attached hydrogens (primary N) is 2. The van der Waals surface area contributed by atoms with Gasteiger partial charge in [0, 0.05) is 35.8 Å². The second kappa shape index (κ2) is 8.10. The molecule has 2 aromatic carbocycles. The number of imidazole rings is 1. The van der Waals surface area contributed by atoms with Gasteiger partial charge in [0.15, 0.2) is 11.5 Å². The summed E-state index contributed by atoms with van der Waals surface area (Å²) >= 11 is 0. The molecule has 0 radical (unpaired) electrons. The van der Waals surface area contributed by atoms with E-state index in [0.29, 0.717) is 47.2 Å². The number of benzene rings is 2. The number of anilines is 2. The zero-order valence-corrected chi connectivity index (χ0v) is 17.5. The summed E-state index contributed by atoms with van der Waals surface area (Å²) in [5.41, 5.74) is 16.7. The zero-order chi connectivity index (χ0) is 22.2. The van der Waals surface area contributed by atoms with Gasteiger partial charge in [-0.25, -0.2) is 9.97 Å². The Bertz CT molecular complexity index is 1290. The van der Waals surface area contributed by atoms with E-state index in [-0.39, 0.29) is 5.91 Å². The highest BCUT2D eigenvalue weighted by molar-refractivity contribution is 5.95. The summed E-state index contributed by atoms with van der Waals surface area (Å²) in [6.45, 7) is 0.446. The molecule has 1 amide bonds. The van der Waals surface area contributed by atoms with Crippen LogP contribution in [0.1, 0.15) is 29.6 Å². The van der Waals surface area contributed by atoms with Crippen molar-refractivity contribution in [3.8, 4) is 11.3 Å². The van der Waals surface area contributed by atoms with E-state index in [0.717, 1.165) is 29.6 Å². The van der Waals surface area contributed by atoms with Gasteiger partial charge >= 0.3 is 0 Å². The molecule has 9 heteroatoms. The van der Waals surface area contributed by atoms with Crippen LogP contribution < -0.4 is 22.1 Å². The number of hydrogen-bond acceptors (Lipinski definition) is 7. The van der Waals surface area contributed by atoms with Gasteiger partial charge in [0.2, 0.25) is 0 Å². The molecule has 1 saturated carbocycles. The molecule has 0 bridgehead atoms. The Labute approximate surface area is 184 Å². The number of carbonyl (C=O) groups is 1. The first-order valence-corrected chi connectivity index (χ1v) is 10.6. The Morgan fingerprint density at radius 1 is 1.22 bits per heavy atom. The molecule has 4 aromatic rings. The van der Waals surface area contributed by atoms with Gasteiger partial charge in [-0.05, 0) is 43.2 Å². The Kier molecular flexibility index (Phi) is 5.12. The molecule has 164 valence electrons. The highest BCUT2D eigenvalue weighted by atomic mass is 16.3. The van der Waals surface area contributed by atoms with E-state index >= 15 is 0 Å². The smallest absolute Gasteiger partial charge is 0.251 e. The number of hydrogen-bond donors (Lipinski definition) is 5. The third kappa shape index (κ3) is 3.95. The van der Waals surface area contributed by atoms with Gasteiger partial charge in [-0.3, -0.25) is 9.20 Å². The van der Waals surface area contributed by atoms with Crippen LogP contribution in [0.2, 0.25) is 0 Å².